The van der Waals surface area contributed by atoms with E-state index in [2.05, 4.69) is 0 Å². The Morgan fingerprint density at radius 3 is 2.62 bits per heavy atom. The number of halogens is 1. The van der Waals surface area contributed by atoms with Crippen molar-refractivity contribution in [3.63, 3.8) is 0 Å². The summed E-state index contributed by atoms with van der Waals surface area (Å²) in [7, 11) is 0. The van der Waals surface area contributed by atoms with Crippen molar-refractivity contribution in [2.75, 3.05) is 6.61 Å². The van der Waals surface area contributed by atoms with Gasteiger partial charge in [0.25, 0.3) is 0 Å². The van der Waals surface area contributed by atoms with E-state index in [1.807, 2.05) is 6.92 Å². The van der Waals surface area contributed by atoms with Gasteiger partial charge in [-0.15, -0.1) is 0 Å². The van der Waals surface area contributed by atoms with Gasteiger partial charge in [-0.1, -0.05) is 0 Å². The van der Waals surface area contributed by atoms with Crippen LogP contribution in [0.4, 0.5) is 4.39 Å². The van der Waals surface area contributed by atoms with E-state index >= 15 is 0 Å². The molecule has 1 heterocycles. The fraction of sp³-hybridized carbons (Fsp3) is 1.00. The molecule has 0 aromatic rings. The SMILES string of the molecule is CC1CCC(F)CO1. The summed E-state index contributed by atoms with van der Waals surface area (Å²) in [6, 6.07) is 0. The zero-order valence-electron chi connectivity index (χ0n) is 5.06. The Bertz CT molecular complexity index is 56.9. The van der Waals surface area contributed by atoms with E-state index in [4.69, 9.17) is 4.74 Å². The molecule has 48 valence electrons. The van der Waals surface area contributed by atoms with Gasteiger partial charge in [-0.2, -0.15) is 0 Å². The van der Waals surface area contributed by atoms with Gasteiger partial charge in [-0.25, -0.2) is 4.39 Å². The molecule has 0 radical (unpaired) electrons. The maximum Gasteiger partial charge on any atom is 0.123 e. The molecule has 0 aliphatic carbocycles. The van der Waals surface area contributed by atoms with E-state index in [-0.39, 0.29) is 6.10 Å². The Balaban J connectivity index is 2.19. The van der Waals surface area contributed by atoms with Crippen molar-refractivity contribution in [2.45, 2.75) is 32.0 Å². The highest BCUT2D eigenvalue weighted by molar-refractivity contribution is 4.64. The van der Waals surface area contributed by atoms with Gasteiger partial charge in [0, 0.05) is 0 Å². The maximum absolute atomic E-state index is 12.2. The first-order chi connectivity index (χ1) is 3.79. The minimum absolute atomic E-state index is 0.280. The van der Waals surface area contributed by atoms with Crippen molar-refractivity contribution in [3.8, 4) is 0 Å². The van der Waals surface area contributed by atoms with Crippen LogP contribution >= 0.6 is 0 Å². The van der Waals surface area contributed by atoms with E-state index in [0.717, 1.165) is 6.42 Å². The smallest absolute Gasteiger partial charge is 0.123 e. The summed E-state index contributed by atoms with van der Waals surface area (Å²) in [6.45, 7) is 2.28. The molecule has 0 aromatic carbocycles. The lowest BCUT2D eigenvalue weighted by atomic mass is 10.1. The fourth-order valence-electron chi connectivity index (χ4n) is 0.851. The highest BCUT2D eigenvalue weighted by atomic mass is 19.1. The quantitative estimate of drug-likeness (QED) is 0.468. The van der Waals surface area contributed by atoms with Crippen LogP contribution < -0.4 is 0 Å². The van der Waals surface area contributed by atoms with Gasteiger partial charge >= 0.3 is 0 Å². The summed E-state index contributed by atoms with van der Waals surface area (Å²) in [5, 5.41) is 0. The molecule has 1 nitrogen and oxygen atoms in total. The van der Waals surface area contributed by atoms with Gasteiger partial charge in [0.2, 0.25) is 0 Å². The summed E-state index contributed by atoms with van der Waals surface area (Å²) < 4.78 is 17.2. The van der Waals surface area contributed by atoms with Crippen LogP contribution in [-0.2, 0) is 4.74 Å². The van der Waals surface area contributed by atoms with E-state index in [0.29, 0.717) is 13.0 Å². The molecule has 0 bridgehead atoms. The van der Waals surface area contributed by atoms with Gasteiger partial charge in [0.1, 0.15) is 6.17 Å². The maximum atomic E-state index is 12.2. The average molecular weight is 118 g/mol. The Morgan fingerprint density at radius 1 is 1.50 bits per heavy atom. The van der Waals surface area contributed by atoms with Crippen LogP contribution in [0.5, 0.6) is 0 Å². The van der Waals surface area contributed by atoms with Crippen LogP contribution in [0.25, 0.3) is 0 Å². The van der Waals surface area contributed by atoms with Crippen molar-refractivity contribution < 1.29 is 9.13 Å². The summed E-state index contributed by atoms with van der Waals surface area (Å²) in [5.74, 6) is 0. The summed E-state index contributed by atoms with van der Waals surface area (Å²) in [5.41, 5.74) is 0. The number of ether oxygens (including phenoxy) is 1. The van der Waals surface area contributed by atoms with E-state index in [9.17, 15) is 4.39 Å². The normalized spacial score (nSPS) is 39.8. The van der Waals surface area contributed by atoms with Crippen LogP contribution in [0.1, 0.15) is 19.8 Å². The summed E-state index contributed by atoms with van der Waals surface area (Å²) >= 11 is 0. The molecule has 8 heavy (non-hydrogen) atoms. The lowest BCUT2D eigenvalue weighted by molar-refractivity contribution is -0.0166. The molecule has 1 aliphatic heterocycles. The molecule has 0 aromatic heterocycles. The Labute approximate surface area is 48.8 Å². The number of rotatable bonds is 0. The third-order valence-electron chi connectivity index (χ3n) is 1.45. The molecule has 0 spiro atoms. The van der Waals surface area contributed by atoms with Gasteiger partial charge in [0.15, 0.2) is 0 Å². The van der Waals surface area contributed by atoms with Crippen LogP contribution in [-0.4, -0.2) is 18.9 Å². The average Bonchev–Trinajstić information content (AvgIpc) is 1.77. The predicted molar refractivity (Wildman–Crippen MR) is 29.5 cm³/mol. The second-order valence-electron chi connectivity index (χ2n) is 2.32. The first kappa shape index (κ1) is 6.02. The molecule has 2 unspecified atom stereocenters. The fourth-order valence-corrected chi connectivity index (χ4v) is 0.851. The number of alkyl halides is 1. The lowest BCUT2D eigenvalue weighted by Gasteiger charge is -2.21. The molecule has 1 saturated heterocycles. The Morgan fingerprint density at radius 2 is 2.25 bits per heavy atom. The number of hydrogen-bond acceptors (Lipinski definition) is 1. The lowest BCUT2D eigenvalue weighted by Crippen LogP contribution is -2.24. The molecule has 1 fully saturated rings. The molecule has 1 rings (SSSR count). The third kappa shape index (κ3) is 1.44. The molecular weight excluding hydrogens is 107 g/mol. The highest BCUT2D eigenvalue weighted by Gasteiger charge is 2.16. The van der Waals surface area contributed by atoms with Gasteiger partial charge < -0.3 is 4.74 Å². The minimum Gasteiger partial charge on any atom is -0.375 e. The number of hydrogen-bond donors (Lipinski definition) is 0. The third-order valence-corrected chi connectivity index (χ3v) is 1.45. The van der Waals surface area contributed by atoms with Crippen molar-refractivity contribution in [1.29, 1.82) is 0 Å². The summed E-state index contributed by atoms with van der Waals surface area (Å²) in [6.07, 6.45) is 1.13. The Kier molecular flexibility index (Phi) is 1.84. The summed E-state index contributed by atoms with van der Waals surface area (Å²) in [4.78, 5) is 0. The van der Waals surface area contributed by atoms with Crippen LogP contribution in [0.15, 0.2) is 0 Å². The van der Waals surface area contributed by atoms with Crippen molar-refractivity contribution in [2.24, 2.45) is 0 Å². The molecule has 0 saturated carbocycles. The topological polar surface area (TPSA) is 9.23 Å². The van der Waals surface area contributed by atoms with Crippen LogP contribution in [0.2, 0.25) is 0 Å². The first-order valence-corrected chi connectivity index (χ1v) is 3.04. The predicted octanol–water partition coefficient (Wildman–Crippen LogP) is 1.52. The largest absolute Gasteiger partial charge is 0.375 e. The molecule has 2 atom stereocenters. The zero-order valence-corrected chi connectivity index (χ0v) is 5.06. The van der Waals surface area contributed by atoms with E-state index < -0.39 is 6.17 Å². The molecule has 2 heteroatoms. The molecular formula is C6H11FO. The highest BCUT2D eigenvalue weighted by Crippen LogP contribution is 2.14. The second kappa shape index (κ2) is 2.44. The molecule has 0 amide bonds. The second-order valence-corrected chi connectivity index (χ2v) is 2.32. The van der Waals surface area contributed by atoms with E-state index in [1.165, 1.54) is 0 Å². The minimum atomic E-state index is -0.703. The van der Waals surface area contributed by atoms with Crippen molar-refractivity contribution >= 4 is 0 Å². The monoisotopic (exact) mass is 118 g/mol. The van der Waals surface area contributed by atoms with Gasteiger partial charge in [-0.05, 0) is 19.8 Å². The standard InChI is InChI=1S/C6H11FO/c1-5-2-3-6(7)4-8-5/h5-6H,2-4H2,1H3. The van der Waals surface area contributed by atoms with Crippen molar-refractivity contribution in [1.82, 2.24) is 0 Å². The molecule has 0 N–H and O–H groups in total. The Hall–Kier alpha value is -0.110. The van der Waals surface area contributed by atoms with Crippen molar-refractivity contribution in [3.05, 3.63) is 0 Å². The van der Waals surface area contributed by atoms with Crippen LogP contribution in [0, 0.1) is 0 Å². The zero-order chi connectivity index (χ0) is 5.98. The first-order valence-electron chi connectivity index (χ1n) is 3.04. The molecule has 1 aliphatic rings. The van der Waals surface area contributed by atoms with Gasteiger partial charge in [0.05, 0.1) is 12.7 Å². The van der Waals surface area contributed by atoms with E-state index in [1.54, 1.807) is 0 Å². The van der Waals surface area contributed by atoms with Crippen LogP contribution in [0.3, 0.4) is 0 Å². The van der Waals surface area contributed by atoms with Gasteiger partial charge in [-0.3, -0.25) is 0 Å².